The third-order valence-electron chi connectivity index (χ3n) is 3.35. The lowest BCUT2D eigenvalue weighted by molar-refractivity contribution is -0.116. The number of methoxy groups -OCH3 is 1. The number of ether oxygens (including phenoxy) is 1. The van der Waals surface area contributed by atoms with Crippen molar-refractivity contribution in [2.45, 2.75) is 19.3 Å². The van der Waals surface area contributed by atoms with Crippen LogP contribution >= 0.6 is 11.6 Å². The van der Waals surface area contributed by atoms with Crippen molar-refractivity contribution in [1.82, 2.24) is 0 Å². The van der Waals surface area contributed by atoms with Crippen LogP contribution in [0.25, 0.3) is 0 Å². The number of hydrogen-bond acceptors (Lipinski definition) is 3. The van der Waals surface area contributed by atoms with Gasteiger partial charge < -0.3 is 15.2 Å². The van der Waals surface area contributed by atoms with Crippen molar-refractivity contribution in [2.24, 2.45) is 5.92 Å². The summed E-state index contributed by atoms with van der Waals surface area (Å²) in [5.41, 5.74) is 0.310. The second kappa shape index (κ2) is 6.63. The molecule has 0 saturated heterocycles. The Kier molecular flexibility index (Phi) is 4.85. The normalized spacial score (nSPS) is 16.8. The van der Waals surface area contributed by atoms with Crippen LogP contribution in [0, 0.1) is 5.92 Å². The van der Waals surface area contributed by atoms with Crippen LogP contribution in [0.15, 0.2) is 24.3 Å². The Balaban J connectivity index is 2.13. The molecule has 1 aromatic rings. The number of carbonyl (C=O) groups excluding carboxylic acids is 1. The Bertz CT molecular complexity index is 598. The van der Waals surface area contributed by atoms with Crippen LogP contribution in [0.3, 0.4) is 0 Å². The number of carboxylic acids is 1. The molecule has 1 aromatic carbocycles. The molecule has 0 aliphatic heterocycles. The number of carboxylic acid groups (broad SMARTS) is 1. The van der Waals surface area contributed by atoms with E-state index in [2.05, 4.69) is 11.4 Å². The molecular formula is C15H16ClNO4. The van der Waals surface area contributed by atoms with E-state index in [-0.39, 0.29) is 28.2 Å². The number of aromatic carboxylic acids is 1. The van der Waals surface area contributed by atoms with Crippen LogP contribution in [0.1, 0.15) is 29.6 Å². The molecule has 21 heavy (non-hydrogen) atoms. The molecule has 6 heteroatoms. The molecule has 1 amide bonds. The maximum absolute atomic E-state index is 12.0. The van der Waals surface area contributed by atoms with Crippen molar-refractivity contribution in [2.75, 3.05) is 12.4 Å². The standard InChI is InChI=1S/C15H16ClNO4/c1-21-13-8-12(11(16)7-10(13)15(19)20)17-14(18)6-9-4-2-3-5-9/h2,4,7-9H,3,5-6H2,1H3,(H,17,18)(H,19,20). The van der Waals surface area contributed by atoms with Gasteiger partial charge in [0, 0.05) is 12.5 Å². The van der Waals surface area contributed by atoms with Crippen LogP contribution < -0.4 is 10.1 Å². The molecule has 0 spiro atoms. The summed E-state index contributed by atoms with van der Waals surface area (Å²) in [4.78, 5) is 23.0. The van der Waals surface area contributed by atoms with E-state index >= 15 is 0 Å². The summed E-state index contributed by atoms with van der Waals surface area (Å²) in [6, 6.07) is 2.70. The fraction of sp³-hybridized carbons (Fsp3) is 0.333. The highest BCUT2D eigenvalue weighted by molar-refractivity contribution is 6.34. The second-order valence-corrected chi connectivity index (χ2v) is 5.26. The van der Waals surface area contributed by atoms with E-state index < -0.39 is 5.97 Å². The topological polar surface area (TPSA) is 75.6 Å². The van der Waals surface area contributed by atoms with Crippen LogP contribution in [-0.4, -0.2) is 24.1 Å². The van der Waals surface area contributed by atoms with E-state index in [9.17, 15) is 9.59 Å². The summed E-state index contributed by atoms with van der Waals surface area (Å²) in [6.07, 6.45) is 6.46. The van der Waals surface area contributed by atoms with Gasteiger partial charge in [0.15, 0.2) is 0 Å². The van der Waals surface area contributed by atoms with Gasteiger partial charge >= 0.3 is 5.97 Å². The molecule has 1 atom stereocenters. The average molecular weight is 310 g/mol. The van der Waals surface area contributed by atoms with Gasteiger partial charge in [0.1, 0.15) is 11.3 Å². The number of hydrogen-bond donors (Lipinski definition) is 2. The minimum Gasteiger partial charge on any atom is -0.496 e. The third kappa shape index (κ3) is 3.76. The number of anilines is 1. The number of benzene rings is 1. The van der Waals surface area contributed by atoms with Crippen LogP contribution in [-0.2, 0) is 4.79 Å². The quantitative estimate of drug-likeness (QED) is 0.818. The van der Waals surface area contributed by atoms with Gasteiger partial charge in [0.05, 0.1) is 17.8 Å². The predicted octanol–water partition coefficient (Wildman–Crippen LogP) is 3.34. The van der Waals surface area contributed by atoms with E-state index in [1.165, 1.54) is 19.2 Å². The molecule has 5 nitrogen and oxygen atoms in total. The largest absolute Gasteiger partial charge is 0.496 e. The fourth-order valence-electron chi connectivity index (χ4n) is 2.29. The molecule has 0 radical (unpaired) electrons. The smallest absolute Gasteiger partial charge is 0.339 e. The first-order valence-electron chi connectivity index (χ1n) is 6.58. The molecule has 0 fully saturated rings. The number of carbonyl (C=O) groups is 2. The van der Waals surface area contributed by atoms with Crippen molar-refractivity contribution in [3.05, 3.63) is 34.9 Å². The molecule has 0 saturated carbocycles. The second-order valence-electron chi connectivity index (χ2n) is 4.86. The van der Waals surface area contributed by atoms with Gasteiger partial charge in [-0.05, 0) is 24.8 Å². The summed E-state index contributed by atoms with van der Waals surface area (Å²) in [5, 5.41) is 11.9. The molecule has 1 unspecified atom stereocenters. The van der Waals surface area contributed by atoms with E-state index in [1.54, 1.807) is 0 Å². The van der Waals surface area contributed by atoms with Gasteiger partial charge in [0.25, 0.3) is 0 Å². The van der Waals surface area contributed by atoms with Crippen molar-refractivity contribution >= 4 is 29.2 Å². The van der Waals surface area contributed by atoms with Crippen LogP contribution in [0.2, 0.25) is 5.02 Å². The Hall–Kier alpha value is -2.01. The maximum atomic E-state index is 12.0. The molecule has 2 N–H and O–H groups in total. The van der Waals surface area contributed by atoms with Crippen molar-refractivity contribution in [3.8, 4) is 5.75 Å². The number of allylic oxidation sites excluding steroid dienone is 2. The first-order chi connectivity index (χ1) is 10.0. The highest BCUT2D eigenvalue weighted by Crippen LogP contribution is 2.31. The van der Waals surface area contributed by atoms with Crippen molar-refractivity contribution < 1.29 is 19.4 Å². The van der Waals surface area contributed by atoms with Crippen LogP contribution in [0.4, 0.5) is 5.69 Å². The zero-order valence-electron chi connectivity index (χ0n) is 11.6. The summed E-state index contributed by atoms with van der Waals surface area (Å²) < 4.78 is 5.02. The number of nitrogens with one attached hydrogen (secondary N) is 1. The highest BCUT2D eigenvalue weighted by Gasteiger charge is 2.18. The van der Waals surface area contributed by atoms with Crippen molar-refractivity contribution in [3.63, 3.8) is 0 Å². The van der Waals surface area contributed by atoms with E-state index in [4.69, 9.17) is 21.4 Å². The number of amides is 1. The molecule has 0 heterocycles. The van der Waals surface area contributed by atoms with Gasteiger partial charge in [-0.1, -0.05) is 23.8 Å². The summed E-state index contributed by atoms with van der Waals surface area (Å²) in [7, 11) is 1.37. The first kappa shape index (κ1) is 15.4. The van der Waals surface area contributed by atoms with Gasteiger partial charge in [0.2, 0.25) is 5.91 Å². The van der Waals surface area contributed by atoms with Gasteiger partial charge in [-0.25, -0.2) is 4.79 Å². The minimum atomic E-state index is -1.14. The summed E-state index contributed by atoms with van der Waals surface area (Å²) in [6.45, 7) is 0. The Labute approximate surface area is 127 Å². The Morgan fingerprint density at radius 2 is 2.24 bits per heavy atom. The number of rotatable bonds is 5. The van der Waals surface area contributed by atoms with Gasteiger partial charge in [-0.2, -0.15) is 0 Å². The monoisotopic (exact) mass is 309 g/mol. The summed E-state index contributed by atoms with van der Waals surface area (Å²) in [5.74, 6) is -0.881. The lowest BCUT2D eigenvalue weighted by atomic mass is 10.0. The molecule has 0 bridgehead atoms. The van der Waals surface area contributed by atoms with E-state index in [1.807, 2.05) is 6.08 Å². The minimum absolute atomic E-state index is 0.0424. The van der Waals surface area contributed by atoms with Crippen LogP contribution in [0.5, 0.6) is 5.75 Å². The number of halogens is 1. The average Bonchev–Trinajstić information content (AvgIpc) is 2.93. The Morgan fingerprint density at radius 3 is 2.81 bits per heavy atom. The molecule has 1 aliphatic carbocycles. The molecular weight excluding hydrogens is 294 g/mol. The lowest BCUT2D eigenvalue weighted by Gasteiger charge is -2.13. The SMILES string of the molecule is COc1cc(NC(=O)CC2C=CCC2)c(Cl)cc1C(=O)O. The molecule has 0 aromatic heterocycles. The predicted molar refractivity (Wildman–Crippen MR) is 80.1 cm³/mol. The highest BCUT2D eigenvalue weighted by atomic mass is 35.5. The van der Waals surface area contributed by atoms with E-state index in [0.29, 0.717) is 12.1 Å². The first-order valence-corrected chi connectivity index (χ1v) is 6.96. The zero-order valence-corrected chi connectivity index (χ0v) is 12.3. The van der Waals surface area contributed by atoms with Gasteiger partial charge in [-0.15, -0.1) is 0 Å². The zero-order chi connectivity index (χ0) is 15.4. The Morgan fingerprint density at radius 1 is 1.48 bits per heavy atom. The molecule has 112 valence electrons. The maximum Gasteiger partial charge on any atom is 0.339 e. The molecule has 2 rings (SSSR count). The third-order valence-corrected chi connectivity index (χ3v) is 3.67. The van der Waals surface area contributed by atoms with Crippen molar-refractivity contribution in [1.29, 1.82) is 0 Å². The fourth-order valence-corrected chi connectivity index (χ4v) is 2.50. The molecule has 1 aliphatic rings. The van der Waals surface area contributed by atoms with Gasteiger partial charge in [-0.3, -0.25) is 4.79 Å². The summed E-state index contributed by atoms with van der Waals surface area (Å²) >= 11 is 6.02. The lowest BCUT2D eigenvalue weighted by Crippen LogP contribution is -2.15. The van der Waals surface area contributed by atoms with E-state index in [0.717, 1.165) is 12.8 Å².